The van der Waals surface area contributed by atoms with Crippen molar-refractivity contribution < 1.29 is 4.79 Å². The summed E-state index contributed by atoms with van der Waals surface area (Å²) in [6.07, 6.45) is 0. The van der Waals surface area contributed by atoms with Gasteiger partial charge in [-0.05, 0) is 12.8 Å². The van der Waals surface area contributed by atoms with Crippen LogP contribution >= 0.6 is 11.6 Å². The van der Waals surface area contributed by atoms with Gasteiger partial charge in [-0.3, -0.25) is 14.4 Å². The molecule has 2 heterocycles. The molecule has 1 amide bonds. The molecular weight excluding hydrogens is 252 g/mol. The van der Waals surface area contributed by atoms with Gasteiger partial charge in [0.1, 0.15) is 5.15 Å². The van der Waals surface area contributed by atoms with Gasteiger partial charge in [-0.25, -0.2) is 0 Å². The minimum absolute atomic E-state index is 0.0549. The number of likely N-dealkylation sites (tertiary alicyclic amines) is 1. The highest BCUT2D eigenvalue weighted by molar-refractivity contribution is 6.30. The number of nitrogens with two attached hydrogens (primary N) is 1. The molecule has 100 valence electrons. The maximum Gasteiger partial charge on any atom is 0.222 e. The molecule has 0 saturated carbocycles. The molecule has 1 aromatic rings. The molecule has 2 rings (SSSR count). The SMILES string of the molecule is Cc1nn(C)c(Cl)c1CN1C[C@@H](C)[C@H](C(N)=O)C1. The van der Waals surface area contributed by atoms with Gasteiger partial charge in [0.2, 0.25) is 5.91 Å². The summed E-state index contributed by atoms with van der Waals surface area (Å²) in [7, 11) is 1.83. The van der Waals surface area contributed by atoms with E-state index in [2.05, 4.69) is 16.9 Å². The monoisotopic (exact) mass is 270 g/mol. The van der Waals surface area contributed by atoms with E-state index >= 15 is 0 Å². The van der Waals surface area contributed by atoms with Crippen LogP contribution in [0.15, 0.2) is 0 Å². The number of hydrogen-bond donors (Lipinski definition) is 1. The summed E-state index contributed by atoms with van der Waals surface area (Å²) in [4.78, 5) is 13.5. The van der Waals surface area contributed by atoms with Gasteiger partial charge in [-0.15, -0.1) is 0 Å². The average Bonchev–Trinajstić information content (AvgIpc) is 2.75. The zero-order chi connectivity index (χ0) is 13.4. The molecule has 0 bridgehead atoms. The number of nitrogens with zero attached hydrogens (tertiary/aromatic N) is 3. The molecule has 1 aliphatic rings. The zero-order valence-corrected chi connectivity index (χ0v) is 11.7. The Balaban J connectivity index is 2.10. The highest BCUT2D eigenvalue weighted by atomic mass is 35.5. The number of rotatable bonds is 3. The topological polar surface area (TPSA) is 64.2 Å². The Bertz CT molecular complexity index is 471. The summed E-state index contributed by atoms with van der Waals surface area (Å²) in [5, 5.41) is 4.96. The number of aryl methyl sites for hydroxylation is 2. The Morgan fingerprint density at radius 3 is 2.67 bits per heavy atom. The van der Waals surface area contributed by atoms with Crippen LogP contribution in [0.1, 0.15) is 18.2 Å². The summed E-state index contributed by atoms with van der Waals surface area (Å²) in [5.41, 5.74) is 7.38. The molecule has 5 nitrogen and oxygen atoms in total. The van der Waals surface area contributed by atoms with E-state index in [1.807, 2.05) is 14.0 Å². The van der Waals surface area contributed by atoms with Crippen LogP contribution < -0.4 is 5.73 Å². The Morgan fingerprint density at radius 1 is 1.56 bits per heavy atom. The van der Waals surface area contributed by atoms with E-state index in [9.17, 15) is 4.79 Å². The van der Waals surface area contributed by atoms with Crippen molar-refractivity contribution in [1.29, 1.82) is 0 Å². The first kappa shape index (κ1) is 13.4. The summed E-state index contributed by atoms with van der Waals surface area (Å²) >= 11 is 6.21. The van der Waals surface area contributed by atoms with Crippen molar-refractivity contribution in [3.05, 3.63) is 16.4 Å². The summed E-state index contributed by atoms with van der Waals surface area (Å²) in [6, 6.07) is 0. The van der Waals surface area contributed by atoms with Gasteiger partial charge < -0.3 is 5.73 Å². The van der Waals surface area contributed by atoms with E-state index in [4.69, 9.17) is 17.3 Å². The Hall–Kier alpha value is -1.07. The molecule has 2 atom stereocenters. The first-order chi connectivity index (χ1) is 8.40. The van der Waals surface area contributed by atoms with E-state index in [1.165, 1.54) is 0 Å². The second-order valence-corrected chi connectivity index (χ2v) is 5.52. The summed E-state index contributed by atoms with van der Waals surface area (Å²) < 4.78 is 1.68. The minimum atomic E-state index is -0.209. The fraction of sp³-hybridized carbons (Fsp3) is 0.667. The number of amides is 1. The van der Waals surface area contributed by atoms with Gasteiger partial charge in [0.05, 0.1) is 11.6 Å². The van der Waals surface area contributed by atoms with Crippen molar-refractivity contribution in [1.82, 2.24) is 14.7 Å². The van der Waals surface area contributed by atoms with Gasteiger partial charge in [-0.1, -0.05) is 18.5 Å². The van der Waals surface area contributed by atoms with Crippen LogP contribution in [-0.4, -0.2) is 33.7 Å². The fourth-order valence-corrected chi connectivity index (χ4v) is 2.88. The van der Waals surface area contributed by atoms with E-state index in [1.54, 1.807) is 4.68 Å². The van der Waals surface area contributed by atoms with Crippen LogP contribution in [0.25, 0.3) is 0 Å². The van der Waals surface area contributed by atoms with Crippen LogP contribution in [0, 0.1) is 18.8 Å². The van der Waals surface area contributed by atoms with Gasteiger partial charge in [0.15, 0.2) is 0 Å². The number of hydrogen-bond acceptors (Lipinski definition) is 3. The molecule has 2 N–H and O–H groups in total. The quantitative estimate of drug-likeness (QED) is 0.889. The van der Waals surface area contributed by atoms with Gasteiger partial charge in [0, 0.05) is 32.2 Å². The second-order valence-electron chi connectivity index (χ2n) is 5.16. The lowest BCUT2D eigenvalue weighted by Crippen LogP contribution is -2.29. The largest absolute Gasteiger partial charge is 0.369 e. The number of primary amides is 1. The van der Waals surface area contributed by atoms with Crippen molar-refractivity contribution in [2.75, 3.05) is 13.1 Å². The van der Waals surface area contributed by atoms with Crippen molar-refractivity contribution >= 4 is 17.5 Å². The number of carbonyl (C=O) groups excluding carboxylic acids is 1. The number of carbonyl (C=O) groups is 1. The van der Waals surface area contributed by atoms with Gasteiger partial charge >= 0.3 is 0 Å². The maximum absolute atomic E-state index is 11.3. The molecule has 6 heteroatoms. The Kier molecular flexibility index (Phi) is 3.64. The highest BCUT2D eigenvalue weighted by Gasteiger charge is 2.33. The average molecular weight is 271 g/mol. The van der Waals surface area contributed by atoms with E-state index in [-0.39, 0.29) is 11.8 Å². The zero-order valence-electron chi connectivity index (χ0n) is 11.0. The third-order valence-electron chi connectivity index (χ3n) is 3.71. The molecule has 0 aromatic carbocycles. The molecule has 0 radical (unpaired) electrons. The molecule has 1 aliphatic heterocycles. The molecular formula is C12H19ClN4O. The van der Waals surface area contributed by atoms with Crippen LogP contribution in [0.2, 0.25) is 5.15 Å². The molecule has 1 aromatic heterocycles. The lowest BCUT2D eigenvalue weighted by molar-refractivity contribution is -0.122. The van der Waals surface area contributed by atoms with Crippen LogP contribution in [0.4, 0.5) is 0 Å². The van der Waals surface area contributed by atoms with Gasteiger partial charge in [0.25, 0.3) is 0 Å². The molecule has 0 spiro atoms. The van der Waals surface area contributed by atoms with E-state index in [0.29, 0.717) is 17.6 Å². The fourth-order valence-electron chi connectivity index (χ4n) is 2.64. The lowest BCUT2D eigenvalue weighted by Gasteiger charge is -2.15. The van der Waals surface area contributed by atoms with E-state index in [0.717, 1.165) is 24.3 Å². The normalized spacial score (nSPS) is 24.7. The Labute approximate surface area is 112 Å². The lowest BCUT2D eigenvalue weighted by atomic mass is 9.98. The summed E-state index contributed by atoms with van der Waals surface area (Å²) in [6.45, 7) is 6.32. The third kappa shape index (κ3) is 2.37. The van der Waals surface area contributed by atoms with E-state index < -0.39 is 0 Å². The van der Waals surface area contributed by atoms with Crippen LogP contribution in [-0.2, 0) is 18.4 Å². The Morgan fingerprint density at radius 2 is 2.22 bits per heavy atom. The van der Waals surface area contributed by atoms with Crippen molar-refractivity contribution in [3.8, 4) is 0 Å². The summed E-state index contributed by atoms with van der Waals surface area (Å²) in [5.74, 6) is 0.0398. The molecule has 1 saturated heterocycles. The third-order valence-corrected chi connectivity index (χ3v) is 4.18. The first-order valence-electron chi connectivity index (χ1n) is 6.09. The number of aromatic nitrogens is 2. The predicted octanol–water partition coefficient (Wildman–Crippen LogP) is 0.935. The molecule has 18 heavy (non-hydrogen) atoms. The van der Waals surface area contributed by atoms with Gasteiger partial charge in [-0.2, -0.15) is 5.10 Å². The minimum Gasteiger partial charge on any atom is -0.369 e. The second kappa shape index (κ2) is 4.90. The first-order valence-corrected chi connectivity index (χ1v) is 6.47. The maximum atomic E-state index is 11.3. The van der Waals surface area contributed by atoms with Crippen molar-refractivity contribution in [3.63, 3.8) is 0 Å². The van der Waals surface area contributed by atoms with Crippen molar-refractivity contribution in [2.45, 2.75) is 20.4 Å². The van der Waals surface area contributed by atoms with Crippen LogP contribution in [0.3, 0.4) is 0 Å². The van der Waals surface area contributed by atoms with Crippen LogP contribution in [0.5, 0.6) is 0 Å². The van der Waals surface area contributed by atoms with Crippen molar-refractivity contribution in [2.24, 2.45) is 24.6 Å². The molecule has 1 fully saturated rings. The molecule has 0 aliphatic carbocycles. The smallest absolute Gasteiger partial charge is 0.222 e. The predicted molar refractivity (Wildman–Crippen MR) is 70.1 cm³/mol. The highest BCUT2D eigenvalue weighted by Crippen LogP contribution is 2.27. The number of halogens is 1. The standard InChI is InChI=1S/C12H19ClN4O/c1-7-4-17(5-9(7)12(14)18)6-10-8(2)15-16(3)11(10)13/h7,9H,4-6H2,1-3H3,(H2,14,18)/t7-,9-/m1/s1. The molecule has 0 unspecified atom stereocenters.